The largest absolute Gasteiger partial charge is 0.325 e. The van der Waals surface area contributed by atoms with Gasteiger partial charge in [-0.2, -0.15) is 0 Å². The number of nitrogens with zero attached hydrogens (tertiary/aromatic N) is 2. The predicted molar refractivity (Wildman–Crippen MR) is 104 cm³/mol. The van der Waals surface area contributed by atoms with Crippen LogP contribution in [0.4, 0.5) is 21.5 Å². The summed E-state index contributed by atoms with van der Waals surface area (Å²) in [6, 6.07) is 8.43. The molecule has 0 aliphatic heterocycles. The monoisotopic (exact) mass is 388 g/mol. The van der Waals surface area contributed by atoms with Crippen LogP contribution in [0.3, 0.4) is 0 Å². The lowest BCUT2D eigenvalue weighted by atomic mass is 10.1. The molecule has 0 aliphatic carbocycles. The Hall–Kier alpha value is -3.33. The smallest absolute Gasteiger partial charge is 0.293 e. The molecule has 2 rings (SSSR count). The van der Waals surface area contributed by atoms with Gasteiger partial charge in [0, 0.05) is 11.8 Å². The quantitative estimate of drug-likeness (QED) is 0.561. The number of hydrogen-bond donors (Lipinski definition) is 2. The van der Waals surface area contributed by atoms with E-state index in [0.29, 0.717) is 11.3 Å². The van der Waals surface area contributed by atoms with Crippen molar-refractivity contribution in [3.63, 3.8) is 0 Å². The van der Waals surface area contributed by atoms with Crippen LogP contribution in [0, 0.1) is 29.8 Å². The van der Waals surface area contributed by atoms with Crippen LogP contribution in [-0.4, -0.2) is 41.8 Å². The van der Waals surface area contributed by atoms with Gasteiger partial charge in [0.1, 0.15) is 11.5 Å². The molecule has 0 saturated heterocycles. The number of nitro groups is 1. The van der Waals surface area contributed by atoms with E-state index in [1.807, 2.05) is 0 Å². The molecule has 8 nitrogen and oxygen atoms in total. The van der Waals surface area contributed by atoms with Gasteiger partial charge >= 0.3 is 0 Å². The van der Waals surface area contributed by atoms with E-state index in [0.717, 1.165) is 5.56 Å². The van der Waals surface area contributed by atoms with Gasteiger partial charge in [-0.25, -0.2) is 4.39 Å². The molecule has 28 heavy (non-hydrogen) atoms. The van der Waals surface area contributed by atoms with E-state index in [1.165, 1.54) is 29.2 Å². The number of likely N-dealkylation sites (N-methyl/N-ethyl adjacent to an activating group) is 1. The van der Waals surface area contributed by atoms with Crippen molar-refractivity contribution in [2.24, 2.45) is 0 Å². The first-order valence-electron chi connectivity index (χ1n) is 8.45. The Labute approximate surface area is 161 Å². The van der Waals surface area contributed by atoms with Gasteiger partial charge in [0.15, 0.2) is 0 Å². The summed E-state index contributed by atoms with van der Waals surface area (Å²) in [5, 5.41) is 16.3. The zero-order chi connectivity index (χ0) is 20.8. The van der Waals surface area contributed by atoms with Gasteiger partial charge in [0.2, 0.25) is 11.8 Å². The van der Waals surface area contributed by atoms with E-state index in [4.69, 9.17) is 0 Å². The van der Waals surface area contributed by atoms with Gasteiger partial charge in [0.05, 0.1) is 18.0 Å². The van der Waals surface area contributed by atoms with Gasteiger partial charge in [-0.1, -0.05) is 12.1 Å². The minimum absolute atomic E-state index is 0.112. The first-order chi connectivity index (χ1) is 13.2. The van der Waals surface area contributed by atoms with Crippen LogP contribution in [0.5, 0.6) is 0 Å². The summed E-state index contributed by atoms with van der Waals surface area (Å²) in [5.41, 5.74) is 1.68. The van der Waals surface area contributed by atoms with E-state index in [1.54, 1.807) is 33.0 Å². The number of aryl methyl sites for hydroxylation is 1. The second-order valence-electron chi connectivity index (χ2n) is 6.44. The third-order valence-electron chi connectivity index (χ3n) is 4.11. The van der Waals surface area contributed by atoms with Crippen LogP contribution in [0.2, 0.25) is 0 Å². The number of halogens is 1. The Kier molecular flexibility index (Phi) is 6.78. The molecule has 2 aromatic carbocycles. The summed E-state index contributed by atoms with van der Waals surface area (Å²) >= 11 is 0. The van der Waals surface area contributed by atoms with E-state index < -0.39 is 22.6 Å². The van der Waals surface area contributed by atoms with Gasteiger partial charge in [-0.3, -0.25) is 24.6 Å². The SMILES string of the molecule is Cc1ccc([N+](=O)[O-])c(NC(=O)CN(C)CC(=O)Nc2cccc(F)c2)c1C. The average Bonchev–Trinajstić information content (AvgIpc) is 2.58. The number of nitro benzene ring substituents is 1. The molecule has 0 heterocycles. The maximum atomic E-state index is 13.1. The summed E-state index contributed by atoms with van der Waals surface area (Å²) in [7, 11) is 1.56. The molecule has 2 N–H and O–H groups in total. The predicted octanol–water partition coefficient (Wildman–Crippen LogP) is 2.86. The molecule has 0 aliphatic rings. The highest BCUT2D eigenvalue weighted by Gasteiger charge is 2.20. The van der Waals surface area contributed by atoms with E-state index in [9.17, 15) is 24.1 Å². The average molecular weight is 388 g/mol. The molecule has 0 bridgehead atoms. The molecule has 2 aromatic rings. The third-order valence-corrected chi connectivity index (χ3v) is 4.11. The molecule has 148 valence electrons. The molecule has 0 spiro atoms. The van der Waals surface area contributed by atoms with Crippen molar-refractivity contribution < 1.29 is 18.9 Å². The van der Waals surface area contributed by atoms with E-state index >= 15 is 0 Å². The number of amides is 2. The van der Waals surface area contributed by atoms with Crippen molar-refractivity contribution >= 4 is 28.9 Å². The number of anilines is 2. The Balaban J connectivity index is 1.97. The van der Waals surface area contributed by atoms with Gasteiger partial charge in [-0.05, 0) is 50.2 Å². The second kappa shape index (κ2) is 9.05. The fourth-order valence-electron chi connectivity index (χ4n) is 2.60. The number of carbonyl (C=O) groups excluding carboxylic acids is 2. The number of nitrogens with one attached hydrogen (secondary N) is 2. The highest BCUT2D eigenvalue weighted by molar-refractivity contribution is 5.96. The zero-order valence-corrected chi connectivity index (χ0v) is 15.8. The summed E-state index contributed by atoms with van der Waals surface area (Å²) in [6.07, 6.45) is 0. The number of rotatable bonds is 7. The molecule has 0 saturated carbocycles. The highest BCUT2D eigenvalue weighted by Crippen LogP contribution is 2.30. The fourth-order valence-corrected chi connectivity index (χ4v) is 2.60. The third kappa shape index (κ3) is 5.58. The topological polar surface area (TPSA) is 105 Å². The maximum absolute atomic E-state index is 13.1. The molecular weight excluding hydrogens is 367 g/mol. The Morgan fingerprint density at radius 3 is 2.36 bits per heavy atom. The standard InChI is InChI=1S/C19H21FN4O4/c1-12-7-8-16(24(27)28)19(13(12)2)22-18(26)11-23(3)10-17(25)21-15-6-4-5-14(20)9-15/h4-9H,10-11H2,1-3H3,(H,21,25)(H,22,26). The lowest BCUT2D eigenvalue weighted by Crippen LogP contribution is -2.36. The summed E-state index contributed by atoms with van der Waals surface area (Å²) in [4.78, 5) is 36.4. The second-order valence-corrected chi connectivity index (χ2v) is 6.44. The molecule has 0 unspecified atom stereocenters. The minimum Gasteiger partial charge on any atom is -0.325 e. The number of benzene rings is 2. The van der Waals surface area contributed by atoms with Crippen molar-refractivity contribution in [2.75, 3.05) is 30.8 Å². The van der Waals surface area contributed by atoms with E-state index in [2.05, 4.69) is 10.6 Å². The zero-order valence-electron chi connectivity index (χ0n) is 15.8. The molecule has 9 heteroatoms. The lowest BCUT2D eigenvalue weighted by molar-refractivity contribution is -0.384. The van der Waals surface area contributed by atoms with Crippen LogP contribution in [0.15, 0.2) is 36.4 Å². The van der Waals surface area contributed by atoms with Crippen molar-refractivity contribution in [1.82, 2.24) is 4.90 Å². The van der Waals surface area contributed by atoms with Crippen molar-refractivity contribution in [3.05, 3.63) is 63.5 Å². The minimum atomic E-state index is -0.557. The normalized spacial score (nSPS) is 10.6. The first kappa shape index (κ1) is 21.0. The van der Waals surface area contributed by atoms with Crippen molar-refractivity contribution in [1.29, 1.82) is 0 Å². The van der Waals surface area contributed by atoms with Crippen LogP contribution in [-0.2, 0) is 9.59 Å². The maximum Gasteiger partial charge on any atom is 0.293 e. The molecule has 0 fully saturated rings. The Bertz CT molecular complexity index is 917. The summed E-state index contributed by atoms with van der Waals surface area (Å²) in [5.74, 6) is -1.38. The van der Waals surface area contributed by atoms with Gasteiger partial charge in [0.25, 0.3) is 5.69 Å². The van der Waals surface area contributed by atoms with Crippen molar-refractivity contribution in [2.45, 2.75) is 13.8 Å². The Morgan fingerprint density at radius 2 is 1.75 bits per heavy atom. The molecule has 0 radical (unpaired) electrons. The van der Waals surface area contributed by atoms with Crippen LogP contribution >= 0.6 is 0 Å². The molecule has 0 aromatic heterocycles. The summed E-state index contributed by atoms with van der Waals surface area (Å²) in [6.45, 7) is 3.21. The van der Waals surface area contributed by atoms with Crippen LogP contribution in [0.25, 0.3) is 0 Å². The number of hydrogen-bond acceptors (Lipinski definition) is 5. The van der Waals surface area contributed by atoms with Crippen molar-refractivity contribution in [3.8, 4) is 0 Å². The Morgan fingerprint density at radius 1 is 1.11 bits per heavy atom. The van der Waals surface area contributed by atoms with Gasteiger partial charge in [-0.15, -0.1) is 0 Å². The van der Waals surface area contributed by atoms with E-state index in [-0.39, 0.29) is 24.5 Å². The van der Waals surface area contributed by atoms with Gasteiger partial charge < -0.3 is 10.6 Å². The molecule has 2 amide bonds. The van der Waals surface area contributed by atoms with Crippen LogP contribution < -0.4 is 10.6 Å². The number of carbonyl (C=O) groups is 2. The molecular formula is C19H21FN4O4. The summed E-state index contributed by atoms with van der Waals surface area (Å²) < 4.78 is 13.1. The van der Waals surface area contributed by atoms with Crippen LogP contribution in [0.1, 0.15) is 11.1 Å². The highest BCUT2D eigenvalue weighted by atomic mass is 19.1. The molecule has 0 atom stereocenters. The lowest BCUT2D eigenvalue weighted by Gasteiger charge is -2.17. The first-order valence-corrected chi connectivity index (χ1v) is 8.45. The fraction of sp³-hybridized carbons (Fsp3) is 0.263.